The summed E-state index contributed by atoms with van der Waals surface area (Å²) in [4.78, 5) is 17.6. The molecule has 3 rings (SSSR count). The van der Waals surface area contributed by atoms with Crippen molar-refractivity contribution in [2.45, 2.75) is 23.9 Å². The van der Waals surface area contributed by atoms with Crippen molar-refractivity contribution in [2.75, 3.05) is 31.9 Å². The highest BCUT2D eigenvalue weighted by Gasteiger charge is 2.36. The lowest BCUT2D eigenvalue weighted by Gasteiger charge is -2.24. The van der Waals surface area contributed by atoms with E-state index >= 15 is 0 Å². The molecule has 5 nitrogen and oxygen atoms in total. The molecule has 2 atom stereocenters. The number of ether oxygens (including phenoxy) is 1. The van der Waals surface area contributed by atoms with Crippen LogP contribution in [0.4, 0.5) is 5.69 Å². The monoisotopic (exact) mass is 372 g/mol. The van der Waals surface area contributed by atoms with Crippen LogP contribution in [-0.4, -0.2) is 48.0 Å². The molecule has 1 saturated heterocycles. The summed E-state index contributed by atoms with van der Waals surface area (Å²) in [6, 6.07) is 15.2. The van der Waals surface area contributed by atoms with E-state index in [1.54, 1.807) is 13.4 Å². The number of carbonyl (C=O) groups is 1. The van der Waals surface area contributed by atoms with E-state index in [-0.39, 0.29) is 11.9 Å². The molecule has 1 amide bonds. The Labute approximate surface area is 157 Å². The lowest BCUT2D eigenvalue weighted by atomic mass is 10.1. The fourth-order valence-corrected chi connectivity index (χ4v) is 3.87. The van der Waals surface area contributed by atoms with Gasteiger partial charge < -0.3 is 9.64 Å². The van der Waals surface area contributed by atoms with Crippen LogP contribution in [0.5, 0.6) is 5.75 Å². The van der Waals surface area contributed by atoms with Crippen LogP contribution < -0.4 is 9.64 Å². The van der Waals surface area contributed by atoms with Crippen LogP contribution in [0.3, 0.4) is 0 Å². The zero-order chi connectivity index (χ0) is 18.7. The van der Waals surface area contributed by atoms with Gasteiger partial charge in [0.25, 0.3) is 0 Å². The highest BCUT2D eigenvalue weighted by Crippen LogP contribution is 2.32. The van der Waals surface area contributed by atoms with Gasteiger partial charge in [0.1, 0.15) is 5.75 Å². The van der Waals surface area contributed by atoms with Gasteiger partial charge in [-0.2, -0.15) is 0 Å². The second-order valence-electron chi connectivity index (χ2n) is 6.48. The van der Waals surface area contributed by atoms with Crippen molar-refractivity contribution in [3.05, 3.63) is 54.1 Å². The van der Waals surface area contributed by atoms with E-state index in [1.165, 1.54) is 0 Å². The molecule has 138 valence electrons. The molecule has 1 fully saturated rings. The first kappa shape index (κ1) is 18.6. The van der Waals surface area contributed by atoms with Crippen LogP contribution in [-0.2, 0) is 22.1 Å². The number of methoxy groups -OCH3 is 1. The van der Waals surface area contributed by atoms with Crippen LogP contribution >= 0.6 is 0 Å². The molecule has 6 heteroatoms. The summed E-state index contributed by atoms with van der Waals surface area (Å²) in [7, 11) is 2.62. The maximum absolute atomic E-state index is 12.9. The van der Waals surface area contributed by atoms with E-state index in [9.17, 15) is 9.00 Å². The van der Waals surface area contributed by atoms with Gasteiger partial charge in [-0.3, -0.25) is 13.9 Å². The minimum absolute atomic E-state index is 0.100. The zero-order valence-corrected chi connectivity index (χ0v) is 16.2. The number of para-hydroxylation sites is 2. The van der Waals surface area contributed by atoms with Crippen molar-refractivity contribution < 1.29 is 13.7 Å². The van der Waals surface area contributed by atoms with E-state index in [1.807, 2.05) is 60.5 Å². The Morgan fingerprint density at radius 1 is 1.19 bits per heavy atom. The van der Waals surface area contributed by atoms with Gasteiger partial charge in [-0.25, -0.2) is 0 Å². The third kappa shape index (κ3) is 3.81. The predicted octanol–water partition coefficient (Wildman–Crippen LogP) is 2.67. The van der Waals surface area contributed by atoms with Gasteiger partial charge in [0.05, 0.1) is 18.8 Å². The molecule has 0 aliphatic carbocycles. The maximum atomic E-state index is 12.9. The Bertz CT molecular complexity index is 807. The highest BCUT2D eigenvalue weighted by atomic mass is 32.2. The average Bonchev–Trinajstić information content (AvgIpc) is 3.03. The lowest BCUT2D eigenvalue weighted by Crippen LogP contribution is -2.39. The Morgan fingerprint density at radius 3 is 2.54 bits per heavy atom. The van der Waals surface area contributed by atoms with Gasteiger partial charge >= 0.3 is 0 Å². The molecule has 0 aromatic heterocycles. The molecule has 0 radical (unpaired) electrons. The maximum Gasteiger partial charge on any atom is 0.244 e. The molecule has 2 aromatic carbocycles. The number of amides is 1. The summed E-state index contributed by atoms with van der Waals surface area (Å²) in [5.41, 5.74) is 1.93. The number of rotatable bonds is 6. The molecule has 0 bridgehead atoms. The molecular weight excluding hydrogens is 348 g/mol. The molecule has 2 unspecified atom stereocenters. The number of benzene rings is 2. The summed E-state index contributed by atoms with van der Waals surface area (Å²) in [5.74, 6) is 0.815. The number of nitrogens with zero attached hydrogens (tertiary/aromatic N) is 2. The Morgan fingerprint density at radius 2 is 1.88 bits per heavy atom. The van der Waals surface area contributed by atoms with Crippen LogP contribution in [0.15, 0.2) is 53.4 Å². The second kappa shape index (κ2) is 8.01. The molecule has 26 heavy (non-hydrogen) atoms. The Balaban J connectivity index is 1.70. The Hall–Kier alpha value is -2.18. The van der Waals surface area contributed by atoms with Gasteiger partial charge in [-0.15, -0.1) is 0 Å². The minimum Gasteiger partial charge on any atom is -0.495 e. The van der Waals surface area contributed by atoms with E-state index in [2.05, 4.69) is 4.90 Å². The lowest BCUT2D eigenvalue weighted by molar-refractivity contribution is -0.121. The van der Waals surface area contributed by atoms with Gasteiger partial charge in [0, 0.05) is 35.0 Å². The molecule has 0 saturated carbocycles. The molecule has 1 aliphatic heterocycles. The fourth-order valence-electron chi connectivity index (χ4n) is 3.35. The van der Waals surface area contributed by atoms with Crippen molar-refractivity contribution >= 4 is 22.4 Å². The summed E-state index contributed by atoms with van der Waals surface area (Å²) in [5, 5.41) is 0. The number of anilines is 1. The number of hydrogen-bond acceptors (Lipinski definition) is 4. The quantitative estimate of drug-likeness (QED) is 0.782. The Kier molecular flexibility index (Phi) is 5.74. The molecule has 0 spiro atoms. The highest BCUT2D eigenvalue weighted by molar-refractivity contribution is 7.84. The molecular formula is C20H24N2O3S. The van der Waals surface area contributed by atoms with Gasteiger partial charge in [0.15, 0.2) is 0 Å². The minimum atomic E-state index is -0.973. The fraction of sp³-hybridized carbons (Fsp3) is 0.350. The summed E-state index contributed by atoms with van der Waals surface area (Å²) >= 11 is 0. The van der Waals surface area contributed by atoms with Crippen LogP contribution in [0.25, 0.3) is 0 Å². The van der Waals surface area contributed by atoms with Crippen molar-refractivity contribution in [1.29, 1.82) is 0 Å². The van der Waals surface area contributed by atoms with Gasteiger partial charge in [-0.1, -0.05) is 24.3 Å². The van der Waals surface area contributed by atoms with Crippen molar-refractivity contribution in [3.63, 3.8) is 0 Å². The van der Waals surface area contributed by atoms with E-state index < -0.39 is 10.8 Å². The third-order valence-electron chi connectivity index (χ3n) is 4.77. The smallest absolute Gasteiger partial charge is 0.244 e. The number of hydrogen-bond donors (Lipinski definition) is 0. The summed E-state index contributed by atoms with van der Waals surface area (Å²) in [6.07, 6.45) is 2.45. The van der Waals surface area contributed by atoms with Crippen LogP contribution in [0, 0.1) is 0 Å². The predicted molar refractivity (Wildman–Crippen MR) is 104 cm³/mol. The van der Waals surface area contributed by atoms with Crippen molar-refractivity contribution in [1.82, 2.24) is 4.90 Å². The topological polar surface area (TPSA) is 49.9 Å². The van der Waals surface area contributed by atoms with Crippen LogP contribution in [0.1, 0.15) is 12.0 Å². The number of carbonyl (C=O) groups excluding carboxylic acids is 1. The average molecular weight is 372 g/mol. The van der Waals surface area contributed by atoms with Crippen molar-refractivity contribution in [3.8, 4) is 5.75 Å². The molecule has 1 heterocycles. The van der Waals surface area contributed by atoms with Crippen molar-refractivity contribution in [2.24, 2.45) is 0 Å². The first-order valence-electron chi connectivity index (χ1n) is 8.58. The van der Waals surface area contributed by atoms with E-state index in [0.717, 1.165) is 22.6 Å². The second-order valence-corrected chi connectivity index (χ2v) is 7.86. The summed E-state index contributed by atoms with van der Waals surface area (Å²) in [6.45, 7) is 1.36. The van der Waals surface area contributed by atoms with E-state index in [0.29, 0.717) is 18.8 Å². The zero-order valence-electron chi connectivity index (χ0n) is 15.3. The first-order chi connectivity index (χ1) is 12.5. The molecule has 1 aliphatic rings. The third-order valence-corrected chi connectivity index (χ3v) is 5.71. The van der Waals surface area contributed by atoms with E-state index in [4.69, 9.17) is 4.74 Å². The molecule has 0 N–H and O–H groups in total. The van der Waals surface area contributed by atoms with Crippen LogP contribution in [0.2, 0.25) is 0 Å². The largest absolute Gasteiger partial charge is 0.495 e. The standard InChI is InChI=1S/C20H24N2O3S/c1-21(14-15-8-10-16(11-9-15)26(3)24)18-12-13-22(20(18)23)17-6-4-5-7-19(17)25-2/h4-11,18H,12-14H2,1-3H3. The molecule has 2 aromatic rings. The first-order valence-corrected chi connectivity index (χ1v) is 10.1. The summed E-state index contributed by atoms with van der Waals surface area (Å²) < 4.78 is 16.9. The SMILES string of the molecule is COc1ccccc1N1CCC(N(C)Cc2ccc(S(C)=O)cc2)C1=O. The van der Waals surface area contributed by atoms with Gasteiger partial charge in [-0.05, 0) is 43.3 Å². The van der Waals surface area contributed by atoms with Gasteiger partial charge in [0.2, 0.25) is 5.91 Å². The normalized spacial score (nSPS) is 18.4. The number of likely N-dealkylation sites (N-methyl/N-ethyl adjacent to an activating group) is 1.